The minimum absolute atomic E-state index is 0.178. The highest BCUT2D eigenvalue weighted by Gasteiger charge is 2.38. The van der Waals surface area contributed by atoms with Crippen LogP contribution in [0.4, 0.5) is 10.2 Å². The van der Waals surface area contributed by atoms with Gasteiger partial charge < -0.3 is 15.3 Å². The van der Waals surface area contributed by atoms with Crippen molar-refractivity contribution in [3.8, 4) is 11.4 Å². The fourth-order valence-corrected chi connectivity index (χ4v) is 4.34. The molecule has 31 heavy (non-hydrogen) atoms. The molecule has 5 rings (SSSR count). The third kappa shape index (κ3) is 3.62. The molecule has 8 heteroatoms. The highest BCUT2D eigenvalue weighted by atomic mass is 19.1. The molecule has 4 heterocycles. The van der Waals surface area contributed by atoms with Crippen LogP contribution in [0, 0.1) is 5.82 Å². The zero-order chi connectivity index (χ0) is 21.4. The maximum atomic E-state index is 14.7. The molecule has 3 N–H and O–H groups in total. The SMILES string of the molecule is C[C@](O)(C1=CCCC=C1)C1CN(c2ccc(F)c(-c3[nH]nc4ncccc34)n2)CCN1. The molecule has 0 saturated carbocycles. The highest BCUT2D eigenvalue weighted by Crippen LogP contribution is 2.31. The van der Waals surface area contributed by atoms with Gasteiger partial charge in [0.2, 0.25) is 0 Å². The lowest BCUT2D eigenvalue weighted by atomic mass is 9.84. The van der Waals surface area contributed by atoms with Crippen molar-refractivity contribution in [1.82, 2.24) is 25.5 Å². The van der Waals surface area contributed by atoms with E-state index < -0.39 is 11.4 Å². The molecule has 0 aromatic carbocycles. The van der Waals surface area contributed by atoms with Crippen LogP contribution in [0.3, 0.4) is 0 Å². The quantitative estimate of drug-likeness (QED) is 0.601. The van der Waals surface area contributed by atoms with Crippen LogP contribution in [0.2, 0.25) is 0 Å². The van der Waals surface area contributed by atoms with E-state index in [0.29, 0.717) is 36.8 Å². The van der Waals surface area contributed by atoms with Gasteiger partial charge in [0.05, 0.1) is 11.7 Å². The van der Waals surface area contributed by atoms with Crippen molar-refractivity contribution in [3.63, 3.8) is 0 Å². The summed E-state index contributed by atoms with van der Waals surface area (Å²) in [6.07, 6.45) is 9.80. The van der Waals surface area contributed by atoms with Gasteiger partial charge in [-0.05, 0) is 49.6 Å². The number of nitrogens with zero attached hydrogens (tertiary/aromatic N) is 4. The lowest BCUT2D eigenvalue weighted by Crippen LogP contribution is -2.61. The van der Waals surface area contributed by atoms with Crippen LogP contribution in [0.15, 0.2) is 54.3 Å². The van der Waals surface area contributed by atoms with Crippen LogP contribution < -0.4 is 10.2 Å². The number of halogens is 1. The number of pyridine rings is 2. The molecule has 0 radical (unpaired) electrons. The fraction of sp³-hybridized carbons (Fsp3) is 0.348. The van der Waals surface area contributed by atoms with Crippen LogP contribution in [0.1, 0.15) is 19.8 Å². The second-order valence-electron chi connectivity index (χ2n) is 8.21. The van der Waals surface area contributed by atoms with Crippen molar-refractivity contribution in [3.05, 3.63) is 60.1 Å². The lowest BCUT2D eigenvalue weighted by Gasteiger charge is -2.42. The lowest BCUT2D eigenvalue weighted by molar-refractivity contribution is 0.0559. The van der Waals surface area contributed by atoms with Crippen LogP contribution in [-0.2, 0) is 0 Å². The summed E-state index contributed by atoms with van der Waals surface area (Å²) in [5, 5.41) is 22.5. The molecule has 1 fully saturated rings. The van der Waals surface area contributed by atoms with Crippen LogP contribution >= 0.6 is 0 Å². The van der Waals surface area contributed by atoms with Crippen molar-refractivity contribution in [2.45, 2.75) is 31.4 Å². The number of nitrogens with one attached hydrogen (secondary N) is 2. The van der Waals surface area contributed by atoms with Gasteiger partial charge in [-0.1, -0.05) is 18.2 Å². The Hall–Kier alpha value is -3.10. The summed E-state index contributed by atoms with van der Waals surface area (Å²) >= 11 is 0. The van der Waals surface area contributed by atoms with Gasteiger partial charge in [0.25, 0.3) is 0 Å². The topological polar surface area (TPSA) is 90.0 Å². The van der Waals surface area contributed by atoms with Crippen molar-refractivity contribution < 1.29 is 9.50 Å². The second kappa shape index (κ2) is 7.86. The molecule has 160 valence electrons. The van der Waals surface area contributed by atoms with E-state index in [4.69, 9.17) is 0 Å². The number of aromatic amines is 1. The van der Waals surface area contributed by atoms with Gasteiger partial charge in [0, 0.05) is 31.2 Å². The minimum Gasteiger partial charge on any atom is -0.384 e. The van der Waals surface area contributed by atoms with E-state index in [-0.39, 0.29) is 11.7 Å². The number of allylic oxidation sites excluding steroid dienone is 2. The Labute approximate surface area is 179 Å². The van der Waals surface area contributed by atoms with Gasteiger partial charge in [0.1, 0.15) is 17.1 Å². The van der Waals surface area contributed by atoms with Crippen molar-refractivity contribution in [2.24, 2.45) is 0 Å². The summed E-state index contributed by atoms with van der Waals surface area (Å²) in [6.45, 7) is 3.82. The van der Waals surface area contributed by atoms with Gasteiger partial charge in [0.15, 0.2) is 11.5 Å². The molecular weight excluding hydrogens is 395 g/mol. The summed E-state index contributed by atoms with van der Waals surface area (Å²) in [4.78, 5) is 10.9. The van der Waals surface area contributed by atoms with E-state index in [2.05, 4.69) is 42.5 Å². The third-order valence-corrected chi connectivity index (χ3v) is 6.16. The van der Waals surface area contributed by atoms with E-state index in [1.807, 2.05) is 19.1 Å². The molecule has 0 amide bonds. The van der Waals surface area contributed by atoms with Crippen LogP contribution in [0.5, 0.6) is 0 Å². The summed E-state index contributed by atoms with van der Waals surface area (Å²) in [5.41, 5.74) is 1.17. The van der Waals surface area contributed by atoms with E-state index in [1.54, 1.807) is 18.3 Å². The monoisotopic (exact) mass is 420 g/mol. The van der Waals surface area contributed by atoms with Crippen molar-refractivity contribution in [1.29, 1.82) is 0 Å². The molecule has 1 aliphatic heterocycles. The summed E-state index contributed by atoms with van der Waals surface area (Å²) in [6, 6.07) is 6.58. The van der Waals surface area contributed by atoms with Crippen LogP contribution in [0.25, 0.3) is 22.4 Å². The minimum atomic E-state index is -1.01. The predicted molar refractivity (Wildman–Crippen MR) is 118 cm³/mol. The smallest absolute Gasteiger partial charge is 0.181 e. The molecule has 1 saturated heterocycles. The molecule has 3 aromatic heterocycles. The number of rotatable bonds is 4. The van der Waals surface area contributed by atoms with E-state index >= 15 is 0 Å². The predicted octanol–water partition coefficient (Wildman–Crippen LogP) is 2.96. The Kier molecular flexibility index (Phi) is 5.03. The standard InChI is InChI=1S/C23H25FN6O/c1-23(31,15-6-3-2-4-7-15)18-14-30(13-12-25-18)19-10-9-17(24)21(27-19)20-16-8-5-11-26-22(16)29-28-20/h3,5-11,18,25,31H,2,4,12-14H2,1H3,(H,26,28,29)/t18?,23-/m0/s1. The molecule has 0 bridgehead atoms. The van der Waals surface area contributed by atoms with Gasteiger partial charge in [-0.3, -0.25) is 5.10 Å². The average molecular weight is 420 g/mol. The Bertz CT molecular complexity index is 1170. The first-order valence-electron chi connectivity index (χ1n) is 10.6. The molecule has 7 nitrogen and oxygen atoms in total. The largest absolute Gasteiger partial charge is 0.384 e. The maximum absolute atomic E-state index is 14.7. The highest BCUT2D eigenvalue weighted by molar-refractivity contribution is 5.89. The Morgan fingerprint density at radius 2 is 2.16 bits per heavy atom. The number of fused-ring (bicyclic) bond motifs is 1. The Morgan fingerprint density at radius 3 is 3.00 bits per heavy atom. The first-order valence-corrected chi connectivity index (χ1v) is 10.6. The zero-order valence-electron chi connectivity index (χ0n) is 17.3. The normalized spacial score (nSPS) is 21.2. The molecule has 1 unspecified atom stereocenters. The molecule has 2 atom stereocenters. The van der Waals surface area contributed by atoms with E-state index in [1.165, 1.54) is 6.07 Å². The number of hydrogen-bond donors (Lipinski definition) is 3. The number of aromatic nitrogens is 4. The molecule has 2 aliphatic rings. The number of H-pyrrole nitrogens is 1. The average Bonchev–Trinajstić information content (AvgIpc) is 3.24. The summed E-state index contributed by atoms with van der Waals surface area (Å²) in [5.74, 6) is 0.243. The van der Waals surface area contributed by atoms with Crippen molar-refractivity contribution in [2.75, 3.05) is 24.5 Å². The number of piperazine rings is 1. The first-order chi connectivity index (χ1) is 15.0. The number of aliphatic hydroxyl groups is 1. The number of hydrogen-bond acceptors (Lipinski definition) is 6. The van der Waals surface area contributed by atoms with Gasteiger partial charge >= 0.3 is 0 Å². The summed E-state index contributed by atoms with van der Waals surface area (Å²) in [7, 11) is 0. The third-order valence-electron chi connectivity index (χ3n) is 6.16. The van der Waals surface area contributed by atoms with Crippen molar-refractivity contribution >= 4 is 16.9 Å². The fourth-order valence-electron chi connectivity index (χ4n) is 4.34. The van der Waals surface area contributed by atoms with E-state index in [9.17, 15) is 9.50 Å². The van der Waals surface area contributed by atoms with Gasteiger partial charge in [-0.25, -0.2) is 14.4 Å². The van der Waals surface area contributed by atoms with Crippen LogP contribution in [-0.4, -0.2) is 56.5 Å². The number of anilines is 1. The van der Waals surface area contributed by atoms with Gasteiger partial charge in [-0.2, -0.15) is 5.10 Å². The summed E-state index contributed by atoms with van der Waals surface area (Å²) < 4.78 is 14.7. The Balaban J connectivity index is 1.45. The maximum Gasteiger partial charge on any atom is 0.181 e. The molecule has 0 spiro atoms. The second-order valence-corrected chi connectivity index (χ2v) is 8.21. The zero-order valence-corrected chi connectivity index (χ0v) is 17.3. The first kappa shape index (κ1) is 19.8. The van der Waals surface area contributed by atoms with Gasteiger partial charge in [-0.15, -0.1) is 0 Å². The molecular formula is C23H25FN6O. The van der Waals surface area contributed by atoms with E-state index in [0.717, 1.165) is 23.8 Å². The molecule has 3 aromatic rings. The Morgan fingerprint density at radius 1 is 1.26 bits per heavy atom. The molecule has 1 aliphatic carbocycles.